The molecule has 0 spiro atoms. The molecule has 23 heavy (non-hydrogen) atoms. The highest BCUT2D eigenvalue weighted by molar-refractivity contribution is 7.90. The zero-order valence-corrected chi connectivity index (χ0v) is 13.8. The van der Waals surface area contributed by atoms with Crippen LogP contribution in [0.25, 0.3) is 0 Å². The van der Waals surface area contributed by atoms with Crippen LogP contribution in [-0.4, -0.2) is 34.8 Å². The van der Waals surface area contributed by atoms with Gasteiger partial charge in [-0.25, -0.2) is 8.42 Å². The van der Waals surface area contributed by atoms with Crippen molar-refractivity contribution in [1.82, 2.24) is 0 Å². The fraction of sp³-hybridized carbons (Fsp3) is 0.188. The van der Waals surface area contributed by atoms with Crippen LogP contribution in [0.4, 0.5) is 5.69 Å². The van der Waals surface area contributed by atoms with Crippen molar-refractivity contribution in [3.8, 4) is 11.5 Å². The first-order chi connectivity index (χ1) is 10.8. The summed E-state index contributed by atoms with van der Waals surface area (Å²) >= 11 is 0. The van der Waals surface area contributed by atoms with Gasteiger partial charge in [-0.3, -0.25) is 4.79 Å². The van der Waals surface area contributed by atoms with Crippen LogP contribution < -0.4 is 14.8 Å². The van der Waals surface area contributed by atoms with Gasteiger partial charge in [0, 0.05) is 23.6 Å². The van der Waals surface area contributed by atoms with Gasteiger partial charge in [0.1, 0.15) is 0 Å². The molecule has 6 nitrogen and oxygen atoms in total. The van der Waals surface area contributed by atoms with Crippen molar-refractivity contribution in [2.75, 3.05) is 25.8 Å². The van der Waals surface area contributed by atoms with Crippen LogP contribution in [0, 0.1) is 0 Å². The Bertz CT molecular complexity index is 813. The monoisotopic (exact) mass is 335 g/mol. The van der Waals surface area contributed by atoms with Gasteiger partial charge < -0.3 is 14.8 Å². The van der Waals surface area contributed by atoms with Gasteiger partial charge in [-0.1, -0.05) is 0 Å². The molecular weight excluding hydrogens is 318 g/mol. The van der Waals surface area contributed by atoms with Crippen molar-refractivity contribution in [2.24, 2.45) is 0 Å². The molecule has 0 fully saturated rings. The standard InChI is InChI=1S/C16H17NO5S/c1-21-14-9-6-12(10-15(14)22-2)17-16(18)11-4-7-13(8-5-11)23(3,19)20/h4-10H,1-3H3,(H,17,18). The number of carbonyl (C=O) groups excluding carboxylic acids is 1. The summed E-state index contributed by atoms with van der Waals surface area (Å²) in [4.78, 5) is 12.4. The molecule has 0 unspecified atom stereocenters. The van der Waals surface area contributed by atoms with Crippen molar-refractivity contribution in [1.29, 1.82) is 0 Å². The number of methoxy groups -OCH3 is 2. The summed E-state index contributed by atoms with van der Waals surface area (Å²) in [5, 5.41) is 2.72. The van der Waals surface area contributed by atoms with Crippen molar-refractivity contribution in [3.05, 3.63) is 48.0 Å². The van der Waals surface area contributed by atoms with Crippen molar-refractivity contribution < 1.29 is 22.7 Å². The molecule has 0 atom stereocenters. The second kappa shape index (κ2) is 6.70. The first kappa shape index (κ1) is 16.8. The lowest BCUT2D eigenvalue weighted by molar-refractivity contribution is 0.102. The summed E-state index contributed by atoms with van der Waals surface area (Å²) in [6.45, 7) is 0. The number of amides is 1. The maximum absolute atomic E-state index is 12.2. The van der Waals surface area contributed by atoms with E-state index in [1.807, 2.05) is 0 Å². The molecule has 0 heterocycles. The Kier molecular flexibility index (Phi) is 4.90. The minimum Gasteiger partial charge on any atom is -0.493 e. The van der Waals surface area contributed by atoms with Crippen molar-refractivity contribution >= 4 is 21.4 Å². The number of anilines is 1. The highest BCUT2D eigenvalue weighted by Gasteiger charge is 2.11. The average Bonchev–Trinajstić information content (AvgIpc) is 2.54. The van der Waals surface area contributed by atoms with Crippen molar-refractivity contribution in [3.63, 3.8) is 0 Å². The predicted molar refractivity (Wildman–Crippen MR) is 87.1 cm³/mol. The van der Waals surface area contributed by atoms with Gasteiger partial charge >= 0.3 is 0 Å². The normalized spacial score (nSPS) is 10.9. The van der Waals surface area contributed by atoms with Crippen LogP contribution in [0.2, 0.25) is 0 Å². The minimum atomic E-state index is -3.28. The van der Waals surface area contributed by atoms with Gasteiger partial charge in [0.25, 0.3) is 5.91 Å². The largest absolute Gasteiger partial charge is 0.493 e. The van der Waals surface area contributed by atoms with Gasteiger partial charge in [-0.15, -0.1) is 0 Å². The van der Waals surface area contributed by atoms with Gasteiger partial charge in [0.2, 0.25) is 0 Å². The van der Waals surface area contributed by atoms with Gasteiger partial charge in [0.05, 0.1) is 19.1 Å². The van der Waals surface area contributed by atoms with Crippen LogP contribution >= 0.6 is 0 Å². The zero-order chi connectivity index (χ0) is 17.0. The molecule has 2 aromatic carbocycles. The van der Waals surface area contributed by atoms with Gasteiger partial charge in [0.15, 0.2) is 21.3 Å². The number of hydrogen-bond donors (Lipinski definition) is 1. The van der Waals surface area contributed by atoms with E-state index in [0.29, 0.717) is 22.7 Å². The molecule has 2 rings (SSSR count). The number of hydrogen-bond acceptors (Lipinski definition) is 5. The fourth-order valence-corrected chi connectivity index (χ4v) is 2.60. The lowest BCUT2D eigenvalue weighted by atomic mass is 10.2. The molecule has 0 saturated heterocycles. The molecule has 2 aromatic rings. The van der Waals surface area contributed by atoms with E-state index in [-0.39, 0.29) is 10.8 Å². The van der Waals surface area contributed by atoms with E-state index < -0.39 is 9.84 Å². The predicted octanol–water partition coefficient (Wildman–Crippen LogP) is 2.36. The number of nitrogens with one attached hydrogen (secondary N) is 1. The number of benzene rings is 2. The molecule has 122 valence electrons. The summed E-state index contributed by atoms with van der Waals surface area (Å²) in [6.07, 6.45) is 1.12. The second-order valence-electron chi connectivity index (χ2n) is 4.82. The third-order valence-corrected chi connectivity index (χ3v) is 4.31. The number of ether oxygens (including phenoxy) is 2. The Balaban J connectivity index is 2.19. The summed E-state index contributed by atoms with van der Waals surface area (Å²) in [5.41, 5.74) is 0.895. The first-order valence-electron chi connectivity index (χ1n) is 6.68. The van der Waals surface area contributed by atoms with Gasteiger partial charge in [-0.2, -0.15) is 0 Å². The van der Waals surface area contributed by atoms with Gasteiger partial charge in [-0.05, 0) is 36.4 Å². The molecule has 0 aliphatic heterocycles. The number of rotatable bonds is 5. The summed E-state index contributed by atoms with van der Waals surface area (Å²) in [7, 11) is -0.248. The molecular formula is C16H17NO5S. The highest BCUT2D eigenvalue weighted by atomic mass is 32.2. The summed E-state index contributed by atoms with van der Waals surface area (Å²) < 4.78 is 33.1. The quantitative estimate of drug-likeness (QED) is 0.907. The van der Waals surface area contributed by atoms with E-state index in [0.717, 1.165) is 6.26 Å². The van der Waals surface area contributed by atoms with Crippen LogP contribution in [0.3, 0.4) is 0 Å². The summed E-state index contributed by atoms with van der Waals surface area (Å²) in [5.74, 6) is 0.706. The topological polar surface area (TPSA) is 81.7 Å². The van der Waals surface area contributed by atoms with E-state index in [4.69, 9.17) is 9.47 Å². The Hall–Kier alpha value is -2.54. The molecule has 0 aliphatic rings. The lowest BCUT2D eigenvalue weighted by Crippen LogP contribution is -2.12. The average molecular weight is 335 g/mol. The number of sulfone groups is 1. The Morgan fingerprint density at radius 1 is 0.957 bits per heavy atom. The molecule has 7 heteroatoms. The third-order valence-electron chi connectivity index (χ3n) is 3.19. The Morgan fingerprint density at radius 2 is 1.57 bits per heavy atom. The molecule has 0 aliphatic carbocycles. The molecule has 0 aromatic heterocycles. The Morgan fingerprint density at radius 3 is 2.09 bits per heavy atom. The lowest BCUT2D eigenvalue weighted by Gasteiger charge is -2.10. The Labute approximate surface area is 135 Å². The third kappa shape index (κ3) is 4.01. The maximum Gasteiger partial charge on any atom is 0.255 e. The van der Waals surface area contributed by atoms with E-state index in [1.165, 1.54) is 38.5 Å². The van der Waals surface area contributed by atoms with Crippen LogP contribution in [0.15, 0.2) is 47.4 Å². The molecule has 1 N–H and O–H groups in total. The zero-order valence-electron chi connectivity index (χ0n) is 13.0. The van der Waals surface area contributed by atoms with E-state index in [2.05, 4.69) is 5.32 Å². The van der Waals surface area contributed by atoms with Crippen molar-refractivity contribution in [2.45, 2.75) is 4.90 Å². The van der Waals surface area contributed by atoms with E-state index in [1.54, 1.807) is 18.2 Å². The van der Waals surface area contributed by atoms with E-state index in [9.17, 15) is 13.2 Å². The van der Waals surface area contributed by atoms with Crippen LogP contribution in [0.5, 0.6) is 11.5 Å². The number of carbonyl (C=O) groups is 1. The minimum absolute atomic E-state index is 0.167. The van der Waals surface area contributed by atoms with Crippen LogP contribution in [0.1, 0.15) is 10.4 Å². The van der Waals surface area contributed by atoms with Crippen LogP contribution in [-0.2, 0) is 9.84 Å². The summed E-state index contributed by atoms with van der Waals surface area (Å²) in [6, 6.07) is 10.7. The van der Waals surface area contributed by atoms with E-state index >= 15 is 0 Å². The SMILES string of the molecule is COc1ccc(NC(=O)c2ccc(S(C)(=O)=O)cc2)cc1OC. The second-order valence-corrected chi connectivity index (χ2v) is 6.84. The highest BCUT2D eigenvalue weighted by Crippen LogP contribution is 2.29. The fourth-order valence-electron chi connectivity index (χ4n) is 1.97. The molecule has 0 bridgehead atoms. The first-order valence-corrected chi connectivity index (χ1v) is 8.58. The smallest absolute Gasteiger partial charge is 0.255 e. The molecule has 1 amide bonds. The molecule has 0 saturated carbocycles. The maximum atomic E-state index is 12.2. The molecule has 0 radical (unpaired) electrons.